The van der Waals surface area contributed by atoms with Gasteiger partial charge in [0.1, 0.15) is 0 Å². The molecular weight excluding hydrogens is 893 g/mol. The summed E-state index contributed by atoms with van der Waals surface area (Å²) in [6.07, 6.45) is 0. The zero-order valence-electron chi connectivity index (χ0n) is 40.6. The normalized spacial score (nSPS) is 11.5. The molecule has 2 heteroatoms. The first-order valence-corrected chi connectivity index (χ1v) is 25.5. The van der Waals surface area contributed by atoms with E-state index in [2.05, 4.69) is 301 Å². The minimum absolute atomic E-state index is 1.07. The predicted octanol–water partition coefficient (Wildman–Crippen LogP) is 20.0. The summed E-state index contributed by atoms with van der Waals surface area (Å²) in [5.41, 5.74) is 18.7. The van der Waals surface area contributed by atoms with Crippen molar-refractivity contribution in [3.05, 3.63) is 291 Å². The summed E-state index contributed by atoms with van der Waals surface area (Å²) in [7, 11) is 0. The van der Waals surface area contributed by atoms with Crippen LogP contribution >= 0.6 is 0 Å². The van der Waals surface area contributed by atoms with Crippen molar-refractivity contribution in [3.63, 3.8) is 0 Å². The largest absolute Gasteiger partial charge is 0.310 e. The maximum Gasteiger partial charge on any atom is 0.0547 e. The summed E-state index contributed by atoms with van der Waals surface area (Å²) in [6, 6.07) is 107. The smallest absolute Gasteiger partial charge is 0.0547 e. The monoisotopic (exact) mass is 940 g/mol. The van der Waals surface area contributed by atoms with E-state index in [4.69, 9.17) is 0 Å². The topological polar surface area (TPSA) is 8.17 Å². The van der Waals surface area contributed by atoms with E-state index in [9.17, 15) is 0 Å². The SMILES string of the molecule is c1ccc(-c2c(-c3ccccc3)c3cc(-c4ccc(N(c5cccc(-c6ccc7ccccc7c6)c5)c5ccccc5-c5cccc6c5c5ccccc5n6-c5ccccc5)cc4)ccc3c3ccccc23)cc1. The molecule has 346 valence electrons. The third kappa shape index (κ3) is 7.35. The molecular formula is C72H48N2. The molecule has 0 aliphatic rings. The summed E-state index contributed by atoms with van der Waals surface area (Å²) in [5, 5.41) is 9.90. The van der Waals surface area contributed by atoms with Gasteiger partial charge in [0.05, 0.1) is 16.7 Å². The van der Waals surface area contributed by atoms with E-state index >= 15 is 0 Å². The number of anilines is 3. The van der Waals surface area contributed by atoms with Crippen molar-refractivity contribution in [2.24, 2.45) is 0 Å². The Hall–Kier alpha value is -9.76. The second kappa shape index (κ2) is 18.1. The Kier molecular flexibility index (Phi) is 10.6. The zero-order chi connectivity index (χ0) is 49.0. The van der Waals surface area contributed by atoms with Gasteiger partial charge >= 0.3 is 0 Å². The number of fused-ring (bicyclic) bond motifs is 7. The third-order valence-corrected chi connectivity index (χ3v) is 14.9. The molecule has 0 amide bonds. The summed E-state index contributed by atoms with van der Waals surface area (Å²) < 4.78 is 2.40. The first kappa shape index (κ1) is 43.1. The van der Waals surface area contributed by atoms with Crippen molar-refractivity contribution < 1.29 is 0 Å². The number of rotatable bonds is 9. The van der Waals surface area contributed by atoms with Crippen LogP contribution in [0.5, 0.6) is 0 Å². The van der Waals surface area contributed by atoms with Crippen LogP contribution in [0.2, 0.25) is 0 Å². The molecule has 0 atom stereocenters. The molecule has 0 aliphatic carbocycles. The fourth-order valence-corrected chi connectivity index (χ4v) is 11.6. The van der Waals surface area contributed by atoms with Crippen molar-refractivity contribution in [1.29, 1.82) is 0 Å². The molecule has 14 rings (SSSR count). The van der Waals surface area contributed by atoms with Gasteiger partial charge in [-0.3, -0.25) is 0 Å². The number of aromatic nitrogens is 1. The van der Waals surface area contributed by atoms with E-state index < -0.39 is 0 Å². The highest BCUT2D eigenvalue weighted by Crippen LogP contribution is 2.48. The van der Waals surface area contributed by atoms with E-state index in [1.807, 2.05) is 0 Å². The lowest BCUT2D eigenvalue weighted by atomic mass is 9.84. The number of para-hydroxylation sites is 3. The highest BCUT2D eigenvalue weighted by Gasteiger charge is 2.23. The zero-order valence-corrected chi connectivity index (χ0v) is 40.6. The van der Waals surface area contributed by atoms with Gasteiger partial charge in [0.2, 0.25) is 0 Å². The summed E-state index contributed by atoms with van der Waals surface area (Å²) in [5.74, 6) is 0. The molecule has 0 bridgehead atoms. The average molecular weight is 941 g/mol. The quantitative estimate of drug-likeness (QED) is 0.131. The highest BCUT2D eigenvalue weighted by atomic mass is 15.1. The van der Waals surface area contributed by atoms with Crippen LogP contribution in [-0.4, -0.2) is 4.57 Å². The van der Waals surface area contributed by atoms with E-state index in [0.29, 0.717) is 0 Å². The molecule has 2 nitrogen and oxygen atoms in total. The Morgan fingerprint density at radius 1 is 0.257 bits per heavy atom. The first-order chi connectivity index (χ1) is 36.7. The van der Waals surface area contributed by atoms with Crippen LogP contribution in [0.15, 0.2) is 291 Å². The molecule has 0 N–H and O–H groups in total. The molecule has 0 aliphatic heterocycles. The van der Waals surface area contributed by atoms with Gasteiger partial charge in [-0.15, -0.1) is 0 Å². The van der Waals surface area contributed by atoms with Crippen molar-refractivity contribution in [3.8, 4) is 61.3 Å². The van der Waals surface area contributed by atoms with Crippen molar-refractivity contribution in [2.45, 2.75) is 0 Å². The van der Waals surface area contributed by atoms with Crippen molar-refractivity contribution in [1.82, 2.24) is 4.57 Å². The molecule has 0 fully saturated rings. The molecule has 14 aromatic rings. The van der Waals surface area contributed by atoms with Crippen LogP contribution in [0.4, 0.5) is 17.1 Å². The van der Waals surface area contributed by atoms with Crippen molar-refractivity contribution in [2.75, 3.05) is 4.90 Å². The van der Waals surface area contributed by atoms with Crippen LogP contribution in [0.1, 0.15) is 0 Å². The molecule has 0 unspecified atom stereocenters. The maximum absolute atomic E-state index is 2.45. The molecule has 0 radical (unpaired) electrons. The Labute approximate surface area is 430 Å². The van der Waals surface area contributed by atoms with Gasteiger partial charge in [0, 0.05) is 33.4 Å². The maximum atomic E-state index is 2.45. The predicted molar refractivity (Wildman–Crippen MR) is 315 cm³/mol. The van der Waals surface area contributed by atoms with E-state index in [0.717, 1.165) is 39.4 Å². The van der Waals surface area contributed by atoms with Gasteiger partial charge in [-0.1, -0.05) is 224 Å². The summed E-state index contributed by atoms with van der Waals surface area (Å²) >= 11 is 0. The lowest BCUT2D eigenvalue weighted by molar-refractivity contribution is 1.18. The van der Waals surface area contributed by atoms with Crippen molar-refractivity contribution >= 4 is 71.2 Å². The fourth-order valence-electron chi connectivity index (χ4n) is 11.6. The Morgan fingerprint density at radius 2 is 0.784 bits per heavy atom. The second-order valence-corrected chi connectivity index (χ2v) is 19.2. The minimum atomic E-state index is 1.07. The van der Waals surface area contributed by atoms with Gasteiger partial charge in [-0.25, -0.2) is 0 Å². The minimum Gasteiger partial charge on any atom is -0.310 e. The van der Waals surface area contributed by atoms with E-state index in [-0.39, 0.29) is 0 Å². The standard InChI is InChI=1S/C72H48N2/c1-4-21-51(22-5-1)70-63-32-13-12-30-60(63)61-45-42-56(48-66(61)71(70)52-23-6-2-7-24-52)50-40-43-58(44-41-50)73(59-29-18-26-54(47-59)55-39-38-49-20-10-11-25-53(49)46-55)67-35-16-14-31-62(67)64-34-19-37-69-72(64)65-33-15-17-36-68(65)74(69)57-27-8-3-9-28-57/h1-48H. The van der Waals surface area contributed by atoms with Crippen LogP contribution in [0.25, 0.3) is 115 Å². The number of nitrogens with zero attached hydrogens (tertiary/aromatic N) is 2. The molecule has 0 spiro atoms. The van der Waals surface area contributed by atoms with Crippen LogP contribution in [-0.2, 0) is 0 Å². The van der Waals surface area contributed by atoms with Gasteiger partial charge in [-0.05, 0) is 149 Å². The first-order valence-electron chi connectivity index (χ1n) is 25.5. The number of hydrogen-bond donors (Lipinski definition) is 0. The molecule has 1 aromatic heterocycles. The summed E-state index contributed by atoms with van der Waals surface area (Å²) in [4.78, 5) is 2.45. The van der Waals surface area contributed by atoms with Gasteiger partial charge < -0.3 is 9.47 Å². The second-order valence-electron chi connectivity index (χ2n) is 19.2. The molecule has 0 saturated heterocycles. The average Bonchev–Trinajstić information content (AvgIpc) is 3.86. The van der Waals surface area contributed by atoms with Crippen LogP contribution < -0.4 is 4.90 Å². The fraction of sp³-hybridized carbons (Fsp3) is 0. The van der Waals surface area contributed by atoms with E-state index in [1.54, 1.807) is 0 Å². The highest BCUT2D eigenvalue weighted by molar-refractivity contribution is 6.22. The van der Waals surface area contributed by atoms with E-state index in [1.165, 1.54) is 93.1 Å². The lowest BCUT2D eigenvalue weighted by Gasteiger charge is -2.29. The third-order valence-electron chi connectivity index (χ3n) is 14.9. The molecule has 1 heterocycles. The lowest BCUT2D eigenvalue weighted by Crippen LogP contribution is -2.11. The van der Waals surface area contributed by atoms with Gasteiger partial charge in [-0.2, -0.15) is 0 Å². The molecule has 13 aromatic carbocycles. The number of hydrogen-bond acceptors (Lipinski definition) is 1. The molecule has 74 heavy (non-hydrogen) atoms. The van der Waals surface area contributed by atoms with Gasteiger partial charge in [0.15, 0.2) is 0 Å². The Bertz CT molecular complexity index is 4400. The number of benzene rings is 13. The summed E-state index contributed by atoms with van der Waals surface area (Å²) in [6.45, 7) is 0. The Morgan fingerprint density at radius 3 is 1.57 bits per heavy atom. The van der Waals surface area contributed by atoms with Crippen LogP contribution in [0, 0.1) is 0 Å². The van der Waals surface area contributed by atoms with Crippen LogP contribution in [0.3, 0.4) is 0 Å². The van der Waals surface area contributed by atoms with Gasteiger partial charge in [0.25, 0.3) is 0 Å². The Balaban J connectivity index is 0.956. The molecule has 0 saturated carbocycles.